The Balaban J connectivity index is 1.91. The van der Waals surface area contributed by atoms with E-state index in [2.05, 4.69) is 0 Å². The van der Waals surface area contributed by atoms with Crippen molar-refractivity contribution in [3.8, 4) is 0 Å². The maximum absolute atomic E-state index is 13.5. The van der Waals surface area contributed by atoms with Gasteiger partial charge in [-0.15, -0.1) is 0 Å². The molecule has 0 bridgehead atoms. The zero-order valence-corrected chi connectivity index (χ0v) is 14.9. The van der Waals surface area contributed by atoms with Gasteiger partial charge in [-0.1, -0.05) is 29.8 Å². The van der Waals surface area contributed by atoms with Crippen LogP contribution in [-0.2, 0) is 21.2 Å². The number of hydrogen-bond acceptors (Lipinski definition) is 3. The first-order valence-electron chi connectivity index (χ1n) is 7.90. The van der Waals surface area contributed by atoms with Gasteiger partial charge in [-0.3, -0.25) is 4.79 Å². The molecule has 0 amide bonds. The minimum absolute atomic E-state index is 0.0321. The summed E-state index contributed by atoms with van der Waals surface area (Å²) in [6.45, 7) is 0.107. The second-order valence-corrected chi connectivity index (χ2v) is 8.38. The molecule has 0 N–H and O–H groups in total. The lowest BCUT2D eigenvalue weighted by Crippen LogP contribution is -2.47. The predicted molar refractivity (Wildman–Crippen MR) is 93.5 cm³/mol. The molecule has 0 aromatic heterocycles. The third-order valence-electron chi connectivity index (χ3n) is 4.27. The molecule has 0 radical (unpaired) electrons. The minimum Gasteiger partial charge on any atom is -0.300 e. The first-order valence-corrected chi connectivity index (χ1v) is 9.71. The Hall–Kier alpha value is -1.76. The summed E-state index contributed by atoms with van der Waals surface area (Å²) in [5.74, 6) is -0.576. The van der Waals surface area contributed by atoms with Crippen molar-refractivity contribution in [2.45, 2.75) is 30.2 Å². The lowest BCUT2D eigenvalue weighted by molar-refractivity contribution is -0.121. The highest BCUT2D eigenvalue weighted by Gasteiger charge is 2.36. The standard InChI is InChI=1S/C18H17ClFNO3S/c19-14-6-4-13(5-7-14)10-16-12-17(22)8-9-21(16)25(23,24)18-3-1-2-15(20)11-18/h1-7,11,16H,8-10,12H2. The molecule has 7 heteroatoms. The lowest BCUT2D eigenvalue weighted by atomic mass is 9.97. The van der Waals surface area contributed by atoms with Gasteiger partial charge in [0.05, 0.1) is 4.90 Å². The number of benzene rings is 2. The van der Waals surface area contributed by atoms with Gasteiger partial charge in [0.15, 0.2) is 0 Å². The molecule has 2 aromatic carbocycles. The van der Waals surface area contributed by atoms with Crippen LogP contribution in [0.25, 0.3) is 0 Å². The van der Waals surface area contributed by atoms with Gasteiger partial charge in [-0.2, -0.15) is 4.31 Å². The largest absolute Gasteiger partial charge is 0.300 e. The Morgan fingerprint density at radius 1 is 1.16 bits per heavy atom. The zero-order chi connectivity index (χ0) is 18.0. The van der Waals surface area contributed by atoms with Crippen molar-refractivity contribution < 1.29 is 17.6 Å². The summed E-state index contributed by atoms with van der Waals surface area (Å²) < 4.78 is 40.6. The van der Waals surface area contributed by atoms with Crippen LogP contribution in [0.2, 0.25) is 5.02 Å². The molecule has 1 saturated heterocycles. The Morgan fingerprint density at radius 2 is 1.88 bits per heavy atom. The molecule has 132 valence electrons. The normalized spacial score (nSPS) is 19.1. The van der Waals surface area contributed by atoms with E-state index in [9.17, 15) is 17.6 Å². The Kier molecular flexibility index (Phi) is 5.22. The molecule has 3 rings (SSSR count). The second kappa shape index (κ2) is 7.23. The number of hydrogen-bond donors (Lipinski definition) is 0. The van der Waals surface area contributed by atoms with E-state index in [4.69, 9.17) is 11.6 Å². The van der Waals surface area contributed by atoms with Gasteiger partial charge >= 0.3 is 0 Å². The fourth-order valence-electron chi connectivity index (χ4n) is 3.03. The predicted octanol–water partition coefficient (Wildman–Crippen LogP) is 3.44. The molecular formula is C18H17ClFNO3S. The molecule has 1 heterocycles. The number of rotatable bonds is 4. The van der Waals surface area contributed by atoms with Crippen LogP contribution in [0.15, 0.2) is 53.4 Å². The maximum atomic E-state index is 13.5. The van der Waals surface area contributed by atoms with E-state index in [0.29, 0.717) is 11.4 Å². The van der Waals surface area contributed by atoms with E-state index in [0.717, 1.165) is 11.6 Å². The van der Waals surface area contributed by atoms with Crippen LogP contribution in [0, 0.1) is 5.82 Å². The van der Waals surface area contributed by atoms with E-state index in [1.165, 1.54) is 22.5 Å². The van der Waals surface area contributed by atoms with Crippen molar-refractivity contribution in [1.29, 1.82) is 0 Å². The molecule has 1 aliphatic rings. The van der Waals surface area contributed by atoms with Crippen LogP contribution in [0.1, 0.15) is 18.4 Å². The lowest BCUT2D eigenvalue weighted by Gasteiger charge is -2.34. The summed E-state index contributed by atoms with van der Waals surface area (Å²) in [6, 6.07) is 11.5. The van der Waals surface area contributed by atoms with Gasteiger partial charge in [0.2, 0.25) is 10.0 Å². The van der Waals surface area contributed by atoms with Crippen LogP contribution in [-0.4, -0.2) is 31.1 Å². The molecular weight excluding hydrogens is 365 g/mol. The quantitative estimate of drug-likeness (QED) is 0.815. The number of sulfonamides is 1. The summed E-state index contributed by atoms with van der Waals surface area (Å²) in [4.78, 5) is 11.8. The summed E-state index contributed by atoms with van der Waals surface area (Å²) in [7, 11) is -3.87. The number of ketones is 1. The van der Waals surface area contributed by atoms with Crippen LogP contribution in [0.5, 0.6) is 0 Å². The number of piperidine rings is 1. The number of carbonyl (C=O) groups excluding carboxylic acids is 1. The zero-order valence-electron chi connectivity index (χ0n) is 13.4. The SMILES string of the molecule is O=C1CCN(S(=O)(=O)c2cccc(F)c2)C(Cc2ccc(Cl)cc2)C1. The molecule has 0 saturated carbocycles. The molecule has 1 atom stereocenters. The third-order valence-corrected chi connectivity index (χ3v) is 6.47. The molecule has 1 unspecified atom stereocenters. The first-order chi connectivity index (χ1) is 11.9. The number of halogens is 2. The van der Waals surface area contributed by atoms with Gasteiger partial charge in [0.1, 0.15) is 11.6 Å². The van der Waals surface area contributed by atoms with E-state index in [1.807, 2.05) is 12.1 Å². The highest BCUT2D eigenvalue weighted by atomic mass is 35.5. The average Bonchev–Trinajstić information content (AvgIpc) is 2.57. The smallest absolute Gasteiger partial charge is 0.243 e. The van der Waals surface area contributed by atoms with Crippen LogP contribution in [0.4, 0.5) is 4.39 Å². The summed E-state index contributed by atoms with van der Waals surface area (Å²) in [5.41, 5.74) is 0.892. The van der Waals surface area contributed by atoms with Crippen LogP contribution < -0.4 is 0 Å². The number of carbonyl (C=O) groups is 1. The highest BCUT2D eigenvalue weighted by molar-refractivity contribution is 7.89. The number of Topliss-reactive ketones (excluding diaryl/α,β-unsaturated/α-hetero) is 1. The van der Waals surface area contributed by atoms with Crippen molar-refractivity contribution >= 4 is 27.4 Å². The Morgan fingerprint density at radius 3 is 2.56 bits per heavy atom. The Labute approximate surface area is 151 Å². The van der Waals surface area contributed by atoms with Gasteiger partial charge in [-0.05, 0) is 42.3 Å². The van der Waals surface area contributed by atoms with Gasteiger partial charge in [-0.25, -0.2) is 12.8 Å². The molecule has 1 aliphatic heterocycles. The number of nitrogens with zero attached hydrogens (tertiary/aromatic N) is 1. The van der Waals surface area contributed by atoms with Crippen molar-refractivity contribution in [2.75, 3.05) is 6.54 Å². The molecule has 0 spiro atoms. The van der Waals surface area contributed by atoms with E-state index in [1.54, 1.807) is 12.1 Å². The second-order valence-electron chi connectivity index (χ2n) is 6.05. The van der Waals surface area contributed by atoms with E-state index in [-0.39, 0.29) is 30.1 Å². The molecule has 2 aromatic rings. The molecule has 4 nitrogen and oxygen atoms in total. The topological polar surface area (TPSA) is 54.5 Å². The van der Waals surface area contributed by atoms with Crippen LogP contribution in [0.3, 0.4) is 0 Å². The minimum atomic E-state index is -3.87. The summed E-state index contributed by atoms with van der Waals surface area (Å²) >= 11 is 5.88. The van der Waals surface area contributed by atoms with Gasteiger partial charge < -0.3 is 0 Å². The van der Waals surface area contributed by atoms with E-state index >= 15 is 0 Å². The summed E-state index contributed by atoms with van der Waals surface area (Å²) in [6.07, 6.45) is 0.723. The Bertz CT molecular complexity index is 883. The van der Waals surface area contributed by atoms with Crippen molar-refractivity contribution in [3.05, 3.63) is 64.9 Å². The fourth-order valence-corrected chi connectivity index (χ4v) is 4.81. The maximum Gasteiger partial charge on any atom is 0.243 e. The highest BCUT2D eigenvalue weighted by Crippen LogP contribution is 2.27. The van der Waals surface area contributed by atoms with Crippen molar-refractivity contribution in [1.82, 2.24) is 4.31 Å². The third kappa shape index (κ3) is 4.08. The summed E-state index contributed by atoms with van der Waals surface area (Å²) in [5, 5.41) is 0.590. The van der Waals surface area contributed by atoms with Crippen molar-refractivity contribution in [2.24, 2.45) is 0 Å². The average molecular weight is 382 g/mol. The van der Waals surface area contributed by atoms with Gasteiger partial charge in [0, 0.05) is 30.5 Å². The fraction of sp³-hybridized carbons (Fsp3) is 0.278. The molecule has 25 heavy (non-hydrogen) atoms. The molecule has 1 fully saturated rings. The van der Waals surface area contributed by atoms with E-state index < -0.39 is 21.9 Å². The molecule has 0 aliphatic carbocycles. The monoisotopic (exact) mass is 381 g/mol. The van der Waals surface area contributed by atoms with Crippen molar-refractivity contribution in [3.63, 3.8) is 0 Å². The van der Waals surface area contributed by atoms with Gasteiger partial charge in [0.25, 0.3) is 0 Å². The van der Waals surface area contributed by atoms with Crippen LogP contribution >= 0.6 is 11.6 Å². The first kappa shape index (κ1) is 18.0.